The third-order valence-electron chi connectivity index (χ3n) is 4.55. The van der Waals surface area contributed by atoms with E-state index in [0.717, 1.165) is 6.07 Å². The lowest BCUT2D eigenvalue weighted by atomic mass is 10.1. The smallest absolute Gasteiger partial charge is 0.267 e. The van der Waals surface area contributed by atoms with Crippen LogP contribution in [0.1, 0.15) is 38.0 Å². The van der Waals surface area contributed by atoms with Crippen molar-refractivity contribution in [2.24, 2.45) is 5.73 Å². The Kier molecular flexibility index (Phi) is 5.11. The maximum Gasteiger partial charge on any atom is 0.267 e. The van der Waals surface area contributed by atoms with Gasteiger partial charge in [-0.25, -0.2) is 14.1 Å². The highest BCUT2D eigenvalue weighted by atomic mass is 35.5. The van der Waals surface area contributed by atoms with Crippen LogP contribution in [0.25, 0.3) is 10.9 Å². The summed E-state index contributed by atoms with van der Waals surface area (Å²) in [5, 5.41) is 14.6. The fourth-order valence-electron chi connectivity index (χ4n) is 2.98. The van der Waals surface area contributed by atoms with Crippen molar-refractivity contribution in [2.45, 2.75) is 20.4 Å². The van der Waals surface area contributed by atoms with E-state index in [0.29, 0.717) is 23.7 Å². The molecule has 0 aliphatic heterocycles. The topological polar surface area (TPSA) is 142 Å². The molecular weight excluding hydrogens is 429 g/mol. The third kappa shape index (κ3) is 3.94. The van der Waals surface area contributed by atoms with Crippen LogP contribution in [0.4, 0.5) is 10.2 Å². The van der Waals surface area contributed by atoms with Crippen LogP contribution in [-0.4, -0.2) is 36.9 Å². The van der Waals surface area contributed by atoms with Gasteiger partial charge in [0.25, 0.3) is 11.8 Å². The number of aryl methyl sites for hydroxylation is 1. The zero-order valence-corrected chi connectivity index (χ0v) is 17.1. The van der Waals surface area contributed by atoms with Gasteiger partial charge in [0, 0.05) is 17.5 Å². The standard InChI is InChI=1S/C19H15ClFN7O3/c1-8-3-10(26-31-8)7-28-9(2)18(25-27-28)24-19(30)12-5-16(17(22)29)23-15-6-14(21)13(20)4-11(12)15/h3-6H,7H2,1-2H3,(H2,22,29)(H,24,30). The van der Waals surface area contributed by atoms with E-state index in [1.165, 1.54) is 12.1 Å². The molecule has 3 aromatic heterocycles. The van der Waals surface area contributed by atoms with Gasteiger partial charge in [-0.3, -0.25) is 9.59 Å². The molecule has 0 radical (unpaired) electrons. The Labute approximate surface area is 179 Å². The maximum absolute atomic E-state index is 13.9. The maximum atomic E-state index is 13.9. The first kappa shape index (κ1) is 20.4. The van der Waals surface area contributed by atoms with Gasteiger partial charge in [-0.15, -0.1) is 5.10 Å². The molecule has 31 heavy (non-hydrogen) atoms. The molecule has 0 bridgehead atoms. The molecule has 4 rings (SSSR count). The second-order valence-corrected chi connectivity index (χ2v) is 7.17. The van der Waals surface area contributed by atoms with Crippen LogP contribution < -0.4 is 11.1 Å². The van der Waals surface area contributed by atoms with Crippen LogP contribution >= 0.6 is 11.6 Å². The van der Waals surface area contributed by atoms with Crippen LogP contribution in [0.3, 0.4) is 0 Å². The molecule has 4 aromatic rings. The summed E-state index contributed by atoms with van der Waals surface area (Å²) in [4.78, 5) is 28.6. The number of aromatic nitrogens is 5. The predicted molar refractivity (Wildman–Crippen MR) is 108 cm³/mol. The van der Waals surface area contributed by atoms with Gasteiger partial charge in [0.1, 0.15) is 23.0 Å². The van der Waals surface area contributed by atoms with E-state index in [9.17, 15) is 14.0 Å². The first-order valence-corrected chi connectivity index (χ1v) is 9.34. The van der Waals surface area contributed by atoms with E-state index in [1.54, 1.807) is 24.6 Å². The summed E-state index contributed by atoms with van der Waals surface area (Å²) in [5.74, 6) is -1.37. The number of benzene rings is 1. The normalized spacial score (nSPS) is 11.1. The molecule has 10 nitrogen and oxygen atoms in total. The Morgan fingerprint density at radius 3 is 2.71 bits per heavy atom. The number of hydrogen-bond acceptors (Lipinski definition) is 7. The summed E-state index contributed by atoms with van der Waals surface area (Å²) in [6.07, 6.45) is 0. The Morgan fingerprint density at radius 1 is 1.26 bits per heavy atom. The van der Waals surface area contributed by atoms with Crippen LogP contribution in [-0.2, 0) is 6.54 Å². The lowest BCUT2D eigenvalue weighted by molar-refractivity contribution is 0.0996. The largest absolute Gasteiger partial charge is 0.364 e. The van der Waals surface area contributed by atoms with Crippen LogP contribution in [0.5, 0.6) is 0 Å². The number of nitrogens with one attached hydrogen (secondary N) is 1. The fraction of sp³-hybridized carbons (Fsp3) is 0.158. The van der Waals surface area contributed by atoms with Gasteiger partial charge in [0.05, 0.1) is 28.3 Å². The Bertz CT molecular complexity index is 1350. The summed E-state index contributed by atoms with van der Waals surface area (Å²) in [7, 11) is 0. The number of pyridine rings is 1. The molecular formula is C19H15ClFN7O3. The van der Waals surface area contributed by atoms with Crippen LogP contribution in [0.2, 0.25) is 5.02 Å². The monoisotopic (exact) mass is 443 g/mol. The highest BCUT2D eigenvalue weighted by Crippen LogP contribution is 2.26. The molecule has 1 aromatic carbocycles. The SMILES string of the molecule is Cc1cc(Cn2nnc(NC(=O)c3cc(C(N)=O)nc4cc(F)c(Cl)cc34)c2C)no1. The number of primary amides is 1. The van der Waals surface area contributed by atoms with E-state index in [2.05, 4.69) is 25.8 Å². The number of halogens is 2. The van der Waals surface area contributed by atoms with Gasteiger partial charge in [-0.05, 0) is 26.0 Å². The number of nitrogens with zero attached hydrogens (tertiary/aromatic N) is 5. The van der Waals surface area contributed by atoms with Crippen molar-refractivity contribution in [3.8, 4) is 0 Å². The molecule has 0 unspecified atom stereocenters. The van der Waals surface area contributed by atoms with Crippen molar-refractivity contribution in [1.29, 1.82) is 0 Å². The molecule has 3 heterocycles. The van der Waals surface area contributed by atoms with Gasteiger partial charge >= 0.3 is 0 Å². The van der Waals surface area contributed by atoms with E-state index in [1.807, 2.05) is 0 Å². The average Bonchev–Trinajstić information content (AvgIpc) is 3.28. The van der Waals surface area contributed by atoms with Gasteiger partial charge < -0.3 is 15.6 Å². The van der Waals surface area contributed by atoms with Gasteiger partial charge in [-0.2, -0.15) is 0 Å². The quantitative estimate of drug-likeness (QED) is 0.482. The molecule has 12 heteroatoms. The third-order valence-corrected chi connectivity index (χ3v) is 4.84. The minimum Gasteiger partial charge on any atom is -0.364 e. The van der Waals surface area contributed by atoms with Crippen molar-refractivity contribution >= 4 is 40.1 Å². The second kappa shape index (κ2) is 7.76. The van der Waals surface area contributed by atoms with Crippen molar-refractivity contribution in [2.75, 3.05) is 5.32 Å². The van der Waals surface area contributed by atoms with Crippen molar-refractivity contribution in [3.05, 3.63) is 63.5 Å². The van der Waals surface area contributed by atoms with E-state index < -0.39 is 17.6 Å². The summed E-state index contributed by atoms with van der Waals surface area (Å²) in [6, 6.07) is 5.26. The molecule has 0 spiro atoms. The molecule has 0 atom stereocenters. The molecule has 0 saturated heterocycles. The second-order valence-electron chi connectivity index (χ2n) is 6.77. The number of carbonyl (C=O) groups excluding carboxylic acids is 2. The summed E-state index contributed by atoms with van der Waals surface area (Å²) >= 11 is 5.87. The average molecular weight is 444 g/mol. The minimum absolute atomic E-state index is 0.0294. The Balaban J connectivity index is 1.68. The van der Waals surface area contributed by atoms with Gasteiger partial charge in [0.15, 0.2) is 5.82 Å². The molecule has 0 fully saturated rings. The number of hydrogen-bond donors (Lipinski definition) is 2. The zero-order chi connectivity index (χ0) is 22.3. The summed E-state index contributed by atoms with van der Waals surface area (Å²) in [6.45, 7) is 3.78. The van der Waals surface area contributed by atoms with Crippen molar-refractivity contribution < 1.29 is 18.5 Å². The van der Waals surface area contributed by atoms with E-state index in [4.69, 9.17) is 21.9 Å². The predicted octanol–water partition coefficient (Wildman–Crippen LogP) is 2.62. The molecule has 0 aliphatic rings. The Hall–Kier alpha value is -3.86. The lowest BCUT2D eigenvalue weighted by Crippen LogP contribution is -2.18. The number of nitrogens with two attached hydrogens (primary N) is 1. The zero-order valence-electron chi connectivity index (χ0n) is 16.3. The molecule has 2 amide bonds. The van der Waals surface area contributed by atoms with Crippen molar-refractivity contribution in [3.63, 3.8) is 0 Å². The molecule has 3 N–H and O–H groups in total. The van der Waals surface area contributed by atoms with E-state index >= 15 is 0 Å². The highest BCUT2D eigenvalue weighted by molar-refractivity contribution is 6.31. The molecule has 0 aliphatic carbocycles. The first-order chi connectivity index (χ1) is 14.7. The highest BCUT2D eigenvalue weighted by Gasteiger charge is 2.20. The Morgan fingerprint density at radius 2 is 2.03 bits per heavy atom. The van der Waals surface area contributed by atoms with Crippen LogP contribution in [0.15, 0.2) is 28.8 Å². The molecule has 0 saturated carbocycles. The molecule has 158 valence electrons. The van der Waals surface area contributed by atoms with Crippen LogP contribution in [0, 0.1) is 19.7 Å². The van der Waals surface area contributed by atoms with Gasteiger partial charge in [0.2, 0.25) is 0 Å². The summed E-state index contributed by atoms with van der Waals surface area (Å²) in [5.41, 5.74) is 6.41. The number of carbonyl (C=O) groups is 2. The summed E-state index contributed by atoms with van der Waals surface area (Å²) < 4.78 is 20.4. The number of anilines is 1. The lowest BCUT2D eigenvalue weighted by Gasteiger charge is -2.09. The number of fused-ring (bicyclic) bond motifs is 1. The number of rotatable bonds is 5. The number of amides is 2. The minimum atomic E-state index is -0.865. The van der Waals surface area contributed by atoms with E-state index in [-0.39, 0.29) is 33.0 Å². The van der Waals surface area contributed by atoms with Gasteiger partial charge in [-0.1, -0.05) is 22.0 Å². The fourth-order valence-corrected chi connectivity index (χ4v) is 3.15. The van der Waals surface area contributed by atoms with Crippen molar-refractivity contribution in [1.82, 2.24) is 25.1 Å². The first-order valence-electron chi connectivity index (χ1n) is 8.96.